The Balaban J connectivity index is 5.23. The van der Waals surface area contributed by atoms with Gasteiger partial charge in [0.1, 0.15) is 18.1 Å². The summed E-state index contributed by atoms with van der Waals surface area (Å²) in [6.07, 6.45) is -2.33. The van der Waals surface area contributed by atoms with Crippen molar-refractivity contribution in [2.45, 2.75) is 62.8 Å². The zero-order chi connectivity index (χ0) is 18.5. The molecule has 8 N–H and O–H groups in total. The molecule has 0 aliphatic rings. The zero-order valence-electron chi connectivity index (χ0n) is 13.6. The zero-order valence-corrected chi connectivity index (χ0v) is 14.5. The van der Waals surface area contributed by atoms with Gasteiger partial charge in [-0.1, -0.05) is 0 Å². The molecule has 0 fully saturated rings. The van der Waals surface area contributed by atoms with Crippen molar-refractivity contribution in [1.29, 1.82) is 0 Å². The fourth-order valence-electron chi connectivity index (χ4n) is 1.69. The summed E-state index contributed by atoms with van der Waals surface area (Å²) in [5.74, 6) is -2.44. The Kier molecular flexibility index (Phi) is 7.98. The lowest BCUT2D eigenvalue weighted by molar-refractivity contribution is -0.134. The Morgan fingerprint density at radius 2 is 1.52 bits per heavy atom. The fourth-order valence-corrected chi connectivity index (χ4v) is 1.87. The lowest BCUT2D eigenvalue weighted by Crippen LogP contribution is -2.63. The maximum Gasteiger partial charge on any atom is 0.244 e. The summed E-state index contributed by atoms with van der Waals surface area (Å²) in [7, 11) is 0. The van der Waals surface area contributed by atoms with Crippen LogP contribution in [0.15, 0.2) is 0 Å². The van der Waals surface area contributed by atoms with E-state index >= 15 is 0 Å². The van der Waals surface area contributed by atoms with Crippen LogP contribution < -0.4 is 22.1 Å². The first kappa shape index (κ1) is 21.6. The normalized spacial score (nSPS) is 18.3. The van der Waals surface area contributed by atoms with E-state index in [4.69, 9.17) is 11.5 Å². The van der Waals surface area contributed by atoms with Gasteiger partial charge in [-0.15, -0.1) is 0 Å². The van der Waals surface area contributed by atoms with Crippen LogP contribution in [-0.2, 0) is 14.4 Å². The van der Waals surface area contributed by atoms with Gasteiger partial charge in [-0.2, -0.15) is 12.6 Å². The molecule has 0 radical (unpaired) electrons. The third-order valence-corrected chi connectivity index (χ3v) is 3.42. The second-order valence-corrected chi connectivity index (χ2v) is 7.14. The van der Waals surface area contributed by atoms with Gasteiger partial charge in [0.25, 0.3) is 0 Å². The number of nitrogens with two attached hydrogens (primary N) is 2. The Morgan fingerprint density at radius 3 is 1.83 bits per heavy atom. The molecular formula is C13H26N4O5S. The Bertz CT molecular complexity index is 450. The molecule has 10 heteroatoms. The van der Waals surface area contributed by atoms with Crippen molar-refractivity contribution in [2.24, 2.45) is 11.5 Å². The standard InChI is InChI=1S/C13H26N4O5S/c1-5(18)7(14)11(21)17-9(13(3,4)23)12(22)16-8(6(2)19)10(15)20/h5-9,18-19,23H,14H2,1-4H3,(H2,15,20)(H,16,22)(H,17,21)/t5-,6-,7+,8+,9-/m1/s1. The number of carbonyl (C=O) groups excluding carboxylic acids is 3. The number of aliphatic hydroxyl groups excluding tert-OH is 2. The first-order chi connectivity index (χ1) is 10.3. The summed E-state index contributed by atoms with van der Waals surface area (Å²) in [5, 5.41) is 23.5. The minimum absolute atomic E-state index is 0.755. The molecule has 0 aliphatic heterocycles. The van der Waals surface area contributed by atoms with Gasteiger partial charge in [0, 0.05) is 4.75 Å². The monoisotopic (exact) mass is 350 g/mol. The van der Waals surface area contributed by atoms with Crippen LogP contribution in [0.4, 0.5) is 0 Å². The van der Waals surface area contributed by atoms with Crippen LogP contribution in [0.2, 0.25) is 0 Å². The fraction of sp³-hybridized carbons (Fsp3) is 0.769. The molecule has 0 aromatic rings. The molecule has 5 atom stereocenters. The average Bonchev–Trinajstić information content (AvgIpc) is 2.38. The molecule has 0 rings (SSSR count). The maximum atomic E-state index is 12.3. The molecule has 23 heavy (non-hydrogen) atoms. The van der Waals surface area contributed by atoms with Gasteiger partial charge in [-0.3, -0.25) is 14.4 Å². The molecule has 0 saturated heterocycles. The molecule has 0 aliphatic carbocycles. The third kappa shape index (κ3) is 6.73. The molecule has 0 unspecified atom stereocenters. The van der Waals surface area contributed by atoms with Crippen LogP contribution in [0.3, 0.4) is 0 Å². The average molecular weight is 350 g/mol. The quantitative estimate of drug-likeness (QED) is 0.234. The largest absolute Gasteiger partial charge is 0.391 e. The second kappa shape index (κ2) is 8.48. The lowest BCUT2D eigenvalue weighted by Gasteiger charge is -2.32. The number of aliphatic hydroxyl groups is 2. The Hall–Kier alpha value is -1.36. The van der Waals surface area contributed by atoms with E-state index in [0.717, 1.165) is 0 Å². The number of nitrogens with one attached hydrogen (secondary N) is 2. The highest BCUT2D eigenvalue weighted by Gasteiger charge is 2.37. The number of hydrogen-bond acceptors (Lipinski definition) is 7. The first-order valence-electron chi connectivity index (χ1n) is 7.03. The Labute approximate surface area is 140 Å². The van der Waals surface area contributed by atoms with Crippen LogP contribution in [0.25, 0.3) is 0 Å². The summed E-state index contributed by atoms with van der Waals surface area (Å²) in [4.78, 5) is 35.5. The van der Waals surface area contributed by atoms with Crippen LogP contribution in [0.5, 0.6) is 0 Å². The molecule has 0 spiro atoms. The summed E-state index contributed by atoms with van der Waals surface area (Å²) < 4.78 is -1.01. The molecule has 0 aromatic carbocycles. The number of amides is 3. The minimum atomic E-state index is -1.32. The van der Waals surface area contributed by atoms with Crippen molar-refractivity contribution >= 4 is 30.4 Å². The van der Waals surface area contributed by atoms with Crippen molar-refractivity contribution in [3.63, 3.8) is 0 Å². The molecule has 0 saturated carbocycles. The third-order valence-electron chi connectivity index (χ3n) is 3.16. The highest BCUT2D eigenvalue weighted by Crippen LogP contribution is 2.18. The van der Waals surface area contributed by atoms with Crippen molar-refractivity contribution in [3.8, 4) is 0 Å². The van der Waals surface area contributed by atoms with Gasteiger partial charge in [-0.05, 0) is 27.7 Å². The molecule has 3 amide bonds. The van der Waals surface area contributed by atoms with Gasteiger partial charge in [0.2, 0.25) is 17.7 Å². The van der Waals surface area contributed by atoms with Crippen molar-refractivity contribution in [3.05, 3.63) is 0 Å². The number of hydrogen-bond donors (Lipinski definition) is 7. The van der Waals surface area contributed by atoms with Gasteiger partial charge in [-0.25, -0.2) is 0 Å². The number of primary amides is 1. The Morgan fingerprint density at radius 1 is 1.04 bits per heavy atom. The van der Waals surface area contributed by atoms with E-state index < -0.39 is 52.8 Å². The topological polar surface area (TPSA) is 168 Å². The van der Waals surface area contributed by atoms with E-state index in [2.05, 4.69) is 23.3 Å². The van der Waals surface area contributed by atoms with E-state index in [-0.39, 0.29) is 0 Å². The summed E-state index contributed by atoms with van der Waals surface area (Å²) in [6.45, 7) is 5.76. The van der Waals surface area contributed by atoms with E-state index in [1.54, 1.807) is 13.8 Å². The lowest BCUT2D eigenvalue weighted by atomic mass is 10.00. The van der Waals surface area contributed by atoms with Crippen LogP contribution in [-0.4, -0.2) is 63.0 Å². The van der Waals surface area contributed by atoms with E-state index in [9.17, 15) is 24.6 Å². The summed E-state index contributed by atoms with van der Waals surface area (Å²) in [5.41, 5.74) is 10.6. The predicted octanol–water partition coefficient (Wildman–Crippen LogP) is -2.76. The van der Waals surface area contributed by atoms with E-state index in [0.29, 0.717) is 0 Å². The SMILES string of the molecule is C[C@@H](O)[C@H](N)C(=O)N[C@H](C(=O)N[C@H](C(N)=O)[C@@H](C)O)C(C)(C)S. The summed E-state index contributed by atoms with van der Waals surface area (Å²) in [6, 6.07) is -3.73. The molecule has 0 aromatic heterocycles. The van der Waals surface area contributed by atoms with Crippen LogP contribution in [0.1, 0.15) is 27.7 Å². The van der Waals surface area contributed by atoms with E-state index in [1.807, 2.05) is 0 Å². The number of carbonyl (C=O) groups is 3. The number of thiol groups is 1. The van der Waals surface area contributed by atoms with Crippen molar-refractivity contribution < 1.29 is 24.6 Å². The van der Waals surface area contributed by atoms with Gasteiger partial charge >= 0.3 is 0 Å². The van der Waals surface area contributed by atoms with Crippen molar-refractivity contribution in [2.75, 3.05) is 0 Å². The molecule has 0 heterocycles. The maximum absolute atomic E-state index is 12.3. The van der Waals surface area contributed by atoms with Gasteiger partial charge in [0.05, 0.1) is 12.2 Å². The number of rotatable bonds is 8. The first-order valence-corrected chi connectivity index (χ1v) is 7.48. The van der Waals surface area contributed by atoms with Crippen LogP contribution >= 0.6 is 12.6 Å². The highest BCUT2D eigenvalue weighted by molar-refractivity contribution is 7.81. The van der Waals surface area contributed by atoms with Gasteiger partial charge in [0.15, 0.2) is 0 Å². The predicted molar refractivity (Wildman–Crippen MR) is 87.5 cm³/mol. The van der Waals surface area contributed by atoms with Crippen molar-refractivity contribution in [1.82, 2.24) is 10.6 Å². The second-order valence-electron chi connectivity index (χ2n) is 5.99. The van der Waals surface area contributed by atoms with Crippen LogP contribution in [0, 0.1) is 0 Å². The van der Waals surface area contributed by atoms with Gasteiger partial charge < -0.3 is 32.3 Å². The molecule has 134 valence electrons. The molecular weight excluding hydrogens is 324 g/mol. The highest BCUT2D eigenvalue weighted by atomic mass is 32.1. The van der Waals surface area contributed by atoms with E-state index in [1.165, 1.54) is 13.8 Å². The minimum Gasteiger partial charge on any atom is -0.391 e. The molecule has 0 bridgehead atoms. The molecule has 9 nitrogen and oxygen atoms in total. The summed E-state index contributed by atoms with van der Waals surface area (Å²) >= 11 is 4.25. The smallest absolute Gasteiger partial charge is 0.244 e.